The minimum atomic E-state index is -0.243. The summed E-state index contributed by atoms with van der Waals surface area (Å²) in [6.45, 7) is 4.07. The summed E-state index contributed by atoms with van der Waals surface area (Å²) in [5.74, 6) is 0.577. The molecule has 0 spiro atoms. The maximum absolute atomic E-state index is 13.5. The first kappa shape index (κ1) is 13.0. The first-order valence-corrected chi connectivity index (χ1v) is 6.21. The van der Waals surface area contributed by atoms with E-state index in [0.717, 1.165) is 5.69 Å². The Bertz CT molecular complexity index is 555. The van der Waals surface area contributed by atoms with Gasteiger partial charge < -0.3 is 0 Å². The lowest BCUT2D eigenvalue weighted by molar-refractivity contribution is 0.611. The van der Waals surface area contributed by atoms with Crippen molar-refractivity contribution in [2.24, 2.45) is 0 Å². The SMILES string of the molecule is CC(C)c1cc(Cl)nc(Cc2ccccc2F)n1. The molecular weight excluding hydrogens is 251 g/mol. The van der Waals surface area contributed by atoms with Gasteiger partial charge in [-0.25, -0.2) is 14.4 Å². The van der Waals surface area contributed by atoms with Crippen molar-refractivity contribution in [3.05, 3.63) is 58.4 Å². The standard InChI is InChI=1S/C14H14ClFN2/c1-9(2)12-8-13(15)18-14(17-12)7-10-5-3-4-6-11(10)16/h3-6,8-9H,7H2,1-2H3. The summed E-state index contributed by atoms with van der Waals surface area (Å²) in [7, 11) is 0. The molecule has 94 valence electrons. The van der Waals surface area contributed by atoms with E-state index < -0.39 is 0 Å². The van der Waals surface area contributed by atoms with Crippen LogP contribution in [0.3, 0.4) is 0 Å². The zero-order chi connectivity index (χ0) is 13.1. The molecule has 4 heteroatoms. The summed E-state index contributed by atoms with van der Waals surface area (Å²) in [6.07, 6.45) is 0.354. The fourth-order valence-electron chi connectivity index (χ4n) is 1.67. The van der Waals surface area contributed by atoms with Crippen molar-refractivity contribution in [2.75, 3.05) is 0 Å². The van der Waals surface area contributed by atoms with Crippen molar-refractivity contribution >= 4 is 11.6 Å². The predicted molar refractivity (Wildman–Crippen MR) is 70.3 cm³/mol. The third-order valence-electron chi connectivity index (χ3n) is 2.66. The molecule has 0 fully saturated rings. The normalized spacial score (nSPS) is 10.9. The topological polar surface area (TPSA) is 25.8 Å². The number of aromatic nitrogens is 2. The van der Waals surface area contributed by atoms with E-state index in [1.54, 1.807) is 24.3 Å². The van der Waals surface area contributed by atoms with E-state index in [4.69, 9.17) is 11.6 Å². The molecule has 2 aromatic rings. The van der Waals surface area contributed by atoms with Crippen LogP contribution in [0.1, 0.15) is 36.8 Å². The van der Waals surface area contributed by atoms with Gasteiger partial charge in [0.25, 0.3) is 0 Å². The van der Waals surface area contributed by atoms with Crippen molar-refractivity contribution < 1.29 is 4.39 Å². The summed E-state index contributed by atoms with van der Waals surface area (Å²) < 4.78 is 13.5. The van der Waals surface area contributed by atoms with Gasteiger partial charge in [-0.2, -0.15) is 0 Å². The molecular formula is C14H14ClFN2. The van der Waals surface area contributed by atoms with E-state index in [1.165, 1.54) is 6.07 Å². The minimum Gasteiger partial charge on any atom is -0.237 e. The van der Waals surface area contributed by atoms with Crippen molar-refractivity contribution in [2.45, 2.75) is 26.2 Å². The minimum absolute atomic E-state index is 0.243. The molecule has 0 aliphatic rings. The highest BCUT2D eigenvalue weighted by molar-refractivity contribution is 6.29. The Morgan fingerprint density at radius 1 is 1.22 bits per heavy atom. The Morgan fingerprint density at radius 2 is 1.94 bits per heavy atom. The van der Waals surface area contributed by atoms with Gasteiger partial charge in [0, 0.05) is 12.1 Å². The van der Waals surface area contributed by atoms with E-state index in [9.17, 15) is 4.39 Å². The van der Waals surface area contributed by atoms with Crippen LogP contribution in [0.5, 0.6) is 0 Å². The summed E-state index contributed by atoms with van der Waals surface area (Å²) in [5, 5.41) is 0.403. The van der Waals surface area contributed by atoms with Crippen LogP contribution in [0, 0.1) is 5.82 Å². The summed E-state index contributed by atoms with van der Waals surface area (Å²) >= 11 is 5.96. The number of hydrogen-bond donors (Lipinski definition) is 0. The first-order chi connectivity index (χ1) is 8.56. The average Bonchev–Trinajstić information content (AvgIpc) is 2.31. The average molecular weight is 265 g/mol. The molecule has 0 amide bonds. The second-order valence-electron chi connectivity index (χ2n) is 4.45. The molecule has 1 heterocycles. The molecule has 18 heavy (non-hydrogen) atoms. The smallest absolute Gasteiger partial charge is 0.134 e. The van der Waals surface area contributed by atoms with Gasteiger partial charge in [-0.3, -0.25) is 0 Å². The third kappa shape index (κ3) is 3.05. The van der Waals surface area contributed by atoms with Crippen LogP contribution in [0.2, 0.25) is 5.15 Å². The fourth-order valence-corrected chi connectivity index (χ4v) is 1.88. The molecule has 2 nitrogen and oxygen atoms in total. The van der Waals surface area contributed by atoms with Crippen LogP contribution in [0.25, 0.3) is 0 Å². The van der Waals surface area contributed by atoms with Gasteiger partial charge in [-0.1, -0.05) is 43.6 Å². The van der Waals surface area contributed by atoms with Gasteiger partial charge in [0.1, 0.15) is 16.8 Å². The van der Waals surface area contributed by atoms with Crippen LogP contribution < -0.4 is 0 Å². The highest BCUT2D eigenvalue weighted by atomic mass is 35.5. The molecule has 0 bridgehead atoms. The van der Waals surface area contributed by atoms with Crippen molar-refractivity contribution in [1.82, 2.24) is 9.97 Å². The number of nitrogens with zero attached hydrogens (tertiary/aromatic N) is 2. The van der Waals surface area contributed by atoms with E-state index >= 15 is 0 Å². The van der Waals surface area contributed by atoms with E-state index in [1.807, 2.05) is 13.8 Å². The lowest BCUT2D eigenvalue weighted by Gasteiger charge is -2.08. The molecule has 0 saturated heterocycles. The number of halogens is 2. The Hall–Kier alpha value is -1.48. The van der Waals surface area contributed by atoms with Crippen LogP contribution in [0.15, 0.2) is 30.3 Å². The summed E-state index contributed by atoms with van der Waals surface area (Å²) in [5.41, 5.74) is 1.45. The fraction of sp³-hybridized carbons (Fsp3) is 0.286. The van der Waals surface area contributed by atoms with Gasteiger partial charge in [0.15, 0.2) is 0 Å². The molecule has 1 aromatic heterocycles. The van der Waals surface area contributed by atoms with Crippen LogP contribution in [-0.4, -0.2) is 9.97 Å². The Kier molecular flexibility index (Phi) is 3.92. The van der Waals surface area contributed by atoms with Gasteiger partial charge in [-0.15, -0.1) is 0 Å². The maximum atomic E-state index is 13.5. The predicted octanol–water partition coefficient (Wildman–Crippen LogP) is 3.98. The highest BCUT2D eigenvalue weighted by Crippen LogP contribution is 2.18. The van der Waals surface area contributed by atoms with E-state index in [-0.39, 0.29) is 11.7 Å². The van der Waals surface area contributed by atoms with E-state index in [2.05, 4.69) is 9.97 Å². The second-order valence-corrected chi connectivity index (χ2v) is 4.84. The van der Waals surface area contributed by atoms with Crippen molar-refractivity contribution in [3.8, 4) is 0 Å². The van der Waals surface area contributed by atoms with Crippen LogP contribution >= 0.6 is 11.6 Å². The van der Waals surface area contributed by atoms with Crippen LogP contribution in [0.4, 0.5) is 4.39 Å². The third-order valence-corrected chi connectivity index (χ3v) is 2.85. The maximum Gasteiger partial charge on any atom is 0.134 e. The lowest BCUT2D eigenvalue weighted by atomic mass is 10.1. The molecule has 1 aromatic carbocycles. The van der Waals surface area contributed by atoms with E-state index in [0.29, 0.717) is 23.0 Å². The zero-order valence-corrected chi connectivity index (χ0v) is 11.1. The molecule has 0 radical (unpaired) electrons. The monoisotopic (exact) mass is 264 g/mol. The van der Waals surface area contributed by atoms with Crippen molar-refractivity contribution in [3.63, 3.8) is 0 Å². The summed E-state index contributed by atoms with van der Waals surface area (Å²) in [4.78, 5) is 8.55. The molecule has 0 atom stereocenters. The van der Waals surface area contributed by atoms with Gasteiger partial charge in [-0.05, 0) is 23.6 Å². The molecule has 2 rings (SSSR count). The Labute approximate surface area is 111 Å². The molecule has 0 aliphatic heterocycles. The van der Waals surface area contributed by atoms with Crippen molar-refractivity contribution in [1.29, 1.82) is 0 Å². The first-order valence-electron chi connectivity index (χ1n) is 5.83. The number of hydrogen-bond acceptors (Lipinski definition) is 2. The molecule has 0 saturated carbocycles. The number of rotatable bonds is 3. The lowest BCUT2D eigenvalue weighted by Crippen LogP contribution is -2.03. The second kappa shape index (κ2) is 5.44. The molecule has 0 N–H and O–H groups in total. The summed E-state index contributed by atoms with van der Waals surface area (Å²) in [6, 6.07) is 8.37. The quantitative estimate of drug-likeness (QED) is 0.784. The van der Waals surface area contributed by atoms with Crippen LogP contribution in [-0.2, 0) is 6.42 Å². The van der Waals surface area contributed by atoms with Gasteiger partial charge in [0.05, 0.1) is 0 Å². The Morgan fingerprint density at radius 3 is 2.61 bits per heavy atom. The zero-order valence-electron chi connectivity index (χ0n) is 10.3. The largest absolute Gasteiger partial charge is 0.237 e. The van der Waals surface area contributed by atoms with Gasteiger partial charge >= 0.3 is 0 Å². The number of benzene rings is 1. The molecule has 0 unspecified atom stereocenters. The Balaban J connectivity index is 2.32. The molecule has 0 aliphatic carbocycles. The van der Waals surface area contributed by atoms with Gasteiger partial charge in [0.2, 0.25) is 0 Å². The highest BCUT2D eigenvalue weighted by Gasteiger charge is 2.09.